The Kier molecular flexibility index (Phi) is 20.1. The second-order valence-corrected chi connectivity index (χ2v) is 39.2. The number of furan rings is 2. The number of fused-ring (bicyclic) bond motifs is 23. The molecule has 5 aliphatic rings. The largest absolute Gasteiger partial charge is 0.456 e. The Bertz CT molecular complexity index is 6200. The molecule has 2 heterocycles. The third-order valence-corrected chi connectivity index (χ3v) is 29.8. The van der Waals surface area contributed by atoms with Gasteiger partial charge in [-0.2, -0.15) is 0 Å². The summed E-state index contributed by atoms with van der Waals surface area (Å²) >= 11 is 0. The van der Waals surface area contributed by atoms with Crippen LogP contribution in [0.25, 0.3) is 122 Å². The number of anilines is 3. The zero-order chi connectivity index (χ0) is 81.2. The Morgan fingerprint density at radius 2 is 0.669 bits per heavy atom. The minimum absolute atomic E-state index is 0.00916. The fourth-order valence-electron chi connectivity index (χ4n) is 23.3. The van der Waals surface area contributed by atoms with Crippen LogP contribution in [-0.4, -0.2) is 0 Å². The van der Waals surface area contributed by atoms with E-state index < -0.39 is 0 Å². The number of nitrogens with zero attached hydrogens (tertiary/aromatic N) is 1. The summed E-state index contributed by atoms with van der Waals surface area (Å²) in [5.74, 6) is 0. The molecular formula is C115H123NO2. The molecule has 0 radical (unpaired) electrons. The predicted molar refractivity (Wildman–Crippen MR) is 504 cm³/mol. The van der Waals surface area contributed by atoms with Crippen molar-refractivity contribution in [2.24, 2.45) is 0 Å². The monoisotopic (exact) mass is 1550 g/mol. The van der Waals surface area contributed by atoms with E-state index in [0.29, 0.717) is 0 Å². The normalized spacial score (nSPS) is 15.5. The van der Waals surface area contributed by atoms with Gasteiger partial charge < -0.3 is 13.7 Å². The van der Waals surface area contributed by atoms with E-state index in [2.05, 4.69) is 313 Å². The Hall–Kier alpha value is -9.96. The van der Waals surface area contributed by atoms with Crippen molar-refractivity contribution in [1.82, 2.24) is 0 Å². The van der Waals surface area contributed by atoms with Gasteiger partial charge in [0.05, 0.1) is 0 Å². The maximum atomic E-state index is 7.49. The van der Waals surface area contributed by atoms with Gasteiger partial charge in [-0.3, -0.25) is 0 Å². The summed E-state index contributed by atoms with van der Waals surface area (Å²) in [6, 6.07) is 86.9. The van der Waals surface area contributed by atoms with Gasteiger partial charge in [-0.15, -0.1) is 0 Å². The van der Waals surface area contributed by atoms with Crippen molar-refractivity contribution < 1.29 is 8.83 Å². The van der Waals surface area contributed by atoms with Crippen molar-refractivity contribution in [3.05, 3.63) is 280 Å². The molecule has 14 aromatic rings. The summed E-state index contributed by atoms with van der Waals surface area (Å²) in [4.78, 5) is 2.62. The van der Waals surface area contributed by atoms with E-state index >= 15 is 0 Å². The average Bonchev–Trinajstić information content (AvgIpc) is 1.53. The third-order valence-electron chi connectivity index (χ3n) is 29.8. The van der Waals surface area contributed by atoms with E-state index in [1.807, 2.05) is 0 Å². The Balaban J connectivity index is 0.737. The highest BCUT2D eigenvalue weighted by Gasteiger charge is 2.48. The first-order chi connectivity index (χ1) is 57.2. The summed E-state index contributed by atoms with van der Waals surface area (Å²) < 4.78 is 14.1. The van der Waals surface area contributed by atoms with Crippen LogP contribution in [0.2, 0.25) is 0 Å². The van der Waals surface area contributed by atoms with Gasteiger partial charge in [-0.1, -0.05) is 346 Å². The highest BCUT2D eigenvalue weighted by atomic mass is 16.3. The molecule has 0 spiro atoms. The molecule has 118 heavy (non-hydrogen) atoms. The molecule has 0 saturated heterocycles. The topological polar surface area (TPSA) is 29.5 Å². The van der Waals surface area contributed by atoms with Gasteiger partial charge in [0.25, 0.3) is 0 Å². The summed E-state index contributed by atoms with van der Waals surface area (Å²) in [5, 5.41) is 4.87. The Labute approximate surface area is 704 Å². The van der Waals surface area contributed by atoms with Gasteiger partial charge in [0.15, 0.2) is 0 Å². The Morgan fingerprint density at radius 1 is 0.271 bits per heavy atom. The van der Waals surface area contributed by atoms with E-state index in [1.165, 1.54) is 295 Å². The lowest BCUT2D eigenvalue weighted by Crippen LogP contribution is -2.26. The molecule has 0 unspecified atom stereocenters. The minimum Gasteiger partial charge on any atom is -0.456 e. The molecule has 0 aliphatic heterocycles. The lowest BCUT2D eigenvalue weighted by atomic mass is 9.70. The highest BCUT2D eigenvalue weighted by Crippen LogP contribution is 2.64. The van der Waals surface area contributed by atoms with Gasteiger partial charge in [0.1, 0.15) is 22.3 Å². The quantitative estimate of drug-likeness (QED) is 0.0438. The number of para-hydroxylation sites is 2. The summed E-state index contributed by atoms with van der Waals surface area (Å²) in [7, 11) is 0. The fraction of sp³-hybridized carbons (Fsp3) is 0.374. The van der Waals surface area contributed by atoms with E-state index in [-0.39, 0.29) is 32.5 Å². The van der Waals surface area contributed by atoms with Crippen LogP contribution in [-0.2, 0) is 32.5 Å². The summed E-state index contributed by atoms with van der Waals surface area (Å²) in [6.07, 6.45) is 29.9. The van der Waals surface area contributed by atoms with Crippen LogP contribution in [0.4, 0.5) is 17.1 Å². The van der Waals surface area contributed by atoms with Crippen LogP contribution < -0.4 is 4.90 Å². The van der Waals surface area contributed by atoms with Gasteiger partial charge in [-0.05, 0) is 256 Å². The van der Waals surface area contributed by atoms with Gasteiger partial charge in [-0.25, -0.2) is 0 Å². The zero-order valence-electron chi connectivity index (χ0n) is 73.0. The first-order valence-corrected chi connectivity index (χ1v) is 46.1. The Morgan fingerprint density at radius 3 is 1.26 bits per heavy atom. The molecule has 0 amide bonds. The molecule has 12 aromatic carbocycles. The molecule has 3 heteroatoms. The first-order valence-electron chi connectivity index (χ1n) is 46.1. The fourth-order valence-corrected chi connectivity index (χ4v) is 23.3. The molecule has 0 bridgehead atoms. The van der Waals surface area contributed by atoms with Crippen molar-refractivity contribution in [3.63, 3.8) is 0 Å². The van der Waals surface area contributed by atoms with Gasteiger partial charge in [0, 0.05) is 71.2 Å². The van der Waals surface area contributed by atoms with Gasteiger partial charge in [0.2, 0.25) is 0 Å². The SMILES string of the molecule is CCCCCCCC1(CCCCCCC)c2ccccc2-c2ccc(-c3ccc4c(c3)C(C)(C)c3cc(-c5cc6c(c7c5oc5ccccc57)-c5ccc(N(c7ccc(C(C)(C)C)cc7)c7ccc8c(c7)C(C)(C)c7cc9c(cc7-8)C(C)(C)c7ccc8oc%10ccccc%10c8c7-9)cc5C6(CCCCCCC)CCCCCCC)ccc3-4)cc21. The second kappa shape index (κ2) is 30.4. The first kappa shape index (κ1) is 77.9. The van der Waals surface area contributed by atoms with E-state index in [1.54, 1.807) is 11.1 Å². The maximum Gasteiger partial charge on any atom is 0.143 e. The lowest BCUT2D eigenvalue weighted by Gasteiger charge is -2.35. The van der Waals surface area contributed by atoms with Crippen molar-refractivity contribution in [1.29, 1.82) is 0 Å². The molecule has 2 aromatic heterocycles. The number of hydrogen-bond donors (Lipinski definition) is 0. The molecule has 0 N–H and O–H groups in total. The smallest absolute Gasteiger partial charge is 0.143 e. The second-order valence-electron chi connectivity index (χ2n) is 39.2. The standard InChI is InChI=1S/C115H123NO2/c1-14-18-22-26-36-62-114(63-37-27-23-19-15-2)92-43-33-30-40-81(92)84-56-47-75(67-99(84)114)74-46-55-82-83-57-48-76(68-95(83)112(10,11)94(82)66-74)89-71-101-105(108-88-42-32-35-45-103(88)118-109(89)108)86-59-54-80(70-100(86)115(101,64-38-28-24-20-16-3)65-39-29-25-21-17-4)116(78-51-49-77(50-52-78)110(5,6)7)79-53-58-85-90-72-98-91(73-97(90)113(12,13)96(85)69-79)106-93(111(98,8)9)60-61-104-107(106)87-41-31-34-44-102(87)117-104/h30-35,40-61,66-73H,14-29,36-39,62-65H2,1-13H3. The van der Waals surface area contributed by atoms with Gasteiger partial charge >= 0.3 is 0 Å². The van der Waals surface area contributed by atoms with Crippen LogP contribution in [0.3, 0.4) is 0 Å². The molecular weight excluding hydrogens is 1430 g/mol. The highest BCUT2D eigenvalue weighted by molar-refractivity contribution is 6.19. The van der Waals surface area contributed by atoms with E-state index in [9.17, 15) is 0 Å². The third kappa shape index (κ3) is 12.6. The molecule has 0 fully saturated rings. The van der Waals surface area contributed by atoms with Crippen molar-refractivity contribution in [2.45, 2.75) is 277 Å². The lowest BCUT2D eigenvalue weighted by molar-refractivity contribution is 0.399. The summed E-state index contributed by atoms with van der Waals surface area (Å²) in [6.45, 7) is 31.2. The van der Waals surface area contributed by atoms with Crippen LogP contribution >= 0.6 is 0 Å². The molecule has 600 valence electrons. The summed E-state index contributed by atoms with van der Waals surface area (Å²) in [5.41, 5.74) is 40.9. The van der Waals surface area contributed by atoms with Crippen LogP contribution in [0.1, 0.15) is 305 Å². The molecule has 3 nitrogen and oxygen atoms in total. The predicted octanol–water partition coefficient (Wildman–Crippen LogP) is 34.5. The molecule has 0 saturated carbocycles. The van der Waals surface area contributed by atoms with Crippen LogP contribution in [0.5, 0.6) is 0 Å². The number of unbranched alkanes of at least 4 members (excludes halogenated alkanes) is 16. The zero-order valence-corrected chi connectivity index (χ0v) is 73.0. The average molecular weight is 1550 g/mol. The molecule has 19 rings (SSSR count). The van der Waals surface area contributed by atoms with Crippen LogP contribution in [0, 0.1) is 0 Å². The van der Waals surface area contributed by atoms with Crippen LogP contribution in [0.15, 0.2) is 227 Å². The number of rotatable bonds is 29. The van der Waals surface area contributed by atoms with E-state index in [0.717, 1.165) is 48.0 Å². The van der Waals surface area contributed by atoms with E-state index in [4.69, 9.17) is 8.83 Å². The number of benzene rings is 12. The minimum atomic E-state index is -0.300. The maximum absolute atomic E-state index is 7.49. The molecule has 0 atom stereocenters. The number of hydrogen-bond acceptors (Lipinski definition) is 3. The molecule has 5 aliphatic carbocycles. The van der Waals surface area contributed by atoms with Crippen molar-refractivity contribution in [2.75, 3.05) is 4.90 Å². The van der Waals surface area contributed by atoms with Crippen molar-refractivity contribution >= 4 is 60.9 Å². The van der Waals surface area contributed by atoms with Crippen molar-refractivity contribution in [3.8, 4) is 77.9 Å².